The third-order valence-electron chi connectivity index (χ3n) is 4.00. The summed E-state index contributed by atoms with van der Waals surface area (Å²) in [6.07, 6.45) is 2.05. The topological polar surface area (TPSA) is 20.8 Å². The summed E-state index contributed by atoms with van der Waals surface area (Å²) in [6.45, 7) is 0. The van der Waals surface area contributed by atoms with Crippen LogP contribution in [0.2, 0.25) is 0 Å². The monoisotopic (exact) mass is 258 g/mol. The Kier molecular flexibility index (Phi) is 1.70. The van der Waals surface area contributed by atoms with E-state index in [4.69, 9.17) is 0 Å². The van der Waals surface area contributed by atoms with E-state index >= 15 is 0 Å². The van der Waals surface area contributed by atoms with Crippen LogP contribution in [-0.2, 0) is 0 Å². The maximum atomic E-state index is 3.46. The highest BCUT2D eigenvalue weighted by molar-refractivity contribution is 6.13. The van der Waals surface area contributed by atoms with Crippen molar-refractivity contribution in [3.63, 3.8) is 0 Å². The van der Waals surface area contributed by atoms with E-state index in [1.165, 1.54) is 21.8 Å². The zero-order valence-corrected chi connectivity index (χ0v) is 10.7. The zero-order chi connectivity index (χ0) is 13.1. The Morgan fingerprint density at radius 3 is 2.65 bits per heavy atom. The summed E-state index contributed by atoms with van der Waals surface area (Å²) in [5.41, 5.74) is 7.10. The lowest BCUT2D eigenvalue weighted by Crippen LogP contribution is -2.47. The fraction of sp³-hybridized carbons (Fsp3) is 0. The minimum Gasteiger partial charge on any atom is -0.220 e. The standard InChI is InChI=1S/C17H12N3/c1-2-9-15-12(6-1)13-7-5-8-14-17(13)20(15)16-10-3-4-11-19(16)18-14/h1-11,18H/q+1. The quantitative estimate of drug-likeness (QED) is 0.423. The van der Waals surface area contributed by atoms with Crippen molar-refractivity contribution in [2.45, 2.75) is 0 Å². The Bertz CT molecular complexity index is 982. The molecule has 0 atom stereocenters. The van der Waals surface area contributed by atoms with Gasteiger partial charge in [0.25, 0.3) is 0 Å². The number of para-hydroxylation sites is 2. The van der Waals surface area contributed by atoms with E-state index in [1.807, 2.05) is 12.3 Å². The van der Waals surface area contributed by atoms with Crippen molar-refractivity contribution in [2.24, 2.45) is 0 Å². The number of pyridine rings is 1. The summed E-state index contributed by atoms with van der Waals surface area (Å²) in [4.78, 5) is 0. The lowest BCUT2D eigenvalue weighted by Gasteiger charge is -2.15. The Hall–Kier alpha value is -2.81. The molecule has 20 heavy (non-hydrogen) atoms. The van der Waals surface area contributed by atoms with Gasteiger partial charge in [-0.15, -0.1) is 4.68 Å². The average Bonchev–Trinajstić information content (AvgIpc) is 2.85. The minimum atomic E-state index is 1.14. The molecule has 5 rings (SSSR count). The molecule has 3 heteroatoms. The van der Waals surface area contributed by atoms with Crippen LogP contribution in [0, 0.1) is 0 Å². The van der Waals surface area contributed by atoms with Crippen LogP contribution in [0.15, 0.2) is 66.9 Å². The maximum Gasteiger partial charge on any atom is 0.310 e. The molecule has 0 amide bonds. The molecule has 0 aliphatic carbocycles. The highest BCUT2D eigenvalue weighted by Crippen LogP contribution is 2.36. The predicted molar refractivity (Wildman–Crippen MR) is 80.0 cm³/mol. The summed E-state index contributed by atoms with van der Waals surface area (Å²) < 4.78 is 4.39. The second kappa shape index (κ2) is 3.39. The van der Waals surface area contributed by atoms with Crippen LogP contribution < -0.4 is 10.1 Å². The van der Waals surface area contributed by atoms with Gasteiger partial charge >= 0.3 is 5.82 Å². The smallest absolute Gasteiger partial charge is 0.220 e. The SMILES string of the molecule is c1cc[n+]2c(c1)-n1c3ccccc3c3cccc(c31)N2. The molecule has 0 saturated heterocycles. The van der Waals surface area contributed by atoms with Crippen LogP contribution in [0.5, 0.6) is 0 Å². The first-order chi connectivity index (χ1) is 9.93. The van der Waals surface area contributed by atoms with Gasteiger partial charge < -0.3 is 0 Å². The number of benzene rings is 2. The molecule has 94 valence electrons. The molecule has 4 aromatic rings. The van der Waals surface area contributed by atoms with Gasteiger partial charge in [0.1, 0.15) is 17.4 Å². The van der Waals surface area contributed by atoms with Crippen LogP contribution in [0.1, 0.15) is 0 Å². The van der Waals surface area contributed by atoms with Gasteiger partial charge in [-0.2, -0.15) is 4.57 Å². The molecule has 3 nitrogen and oxygen atoms in total. The number of nitrogens with zero attached hydrogens (tertiary/aromatic N) is 2. The number of fused-ring (bicyclic) bond motifs is 5. The van der Waals surface area contributed by atoms with E-state index in [1.54, 1.807) is 0 Å². The molecular weight excluding hydrogens is 246 g/mol. The maximum absolute atomic E-state index is 3.46. The lowest BCUT2D eigenvalue weighted by atomic mass is 10.1. The number of rotatable bonds is 0. The second-order valence-electron chi connectivity index (χ2n) is 5.09. The number of anilines is 1. The van der Waals surface area contributed by atoms with Crippen molar-refractivity contribution in [2.75, 3.05) is 5.43 Å². The Balaban J connectivity index is 2.12. The summed E-state index contributed by atoms with van der Waals surface area (Å²) in [5.74, 6) is 1.14. The summed E-state index contributed by atoms with van der Waals surface area (Å²) >= 11 is 0. The number of nitrogens with one attached hydrogen (secondary N) is 1. The van der Waals surface area contributed by atoms with Crippen molar-refractivity contribution in [1.82, 2.24) is 4.57 Å². The van der Waals surface area contributed by atoms with Gasteiger partial charge in [0.2, 0.25) is 0 Å². The molecule has 1 aliphatic heterocycles. The van der Waals surface area contributed by atoms with Crippen molar-refractivity contribution >= 4 is 27.5 Å². The van der Waals surface area contributed by atoms with Gasteiger partial charge in [-0.1, -0.05) is 24.3 Å². The summed E-state index contributed by atoms with van der Waals surface area (Å²) in [6, 6.07) is 21.2. The molecule has 0 fully saturated rings. The normalized spacial score (nSPS) is 12.4. The number of aromatic nitrogens is 2. The Labute approximate surface area is 115 Å². The first-order valence-corrected chi connectivity index (χ1v) is 6.74. The number of hydrogen-bond acceptors (Lipinski definition) is 1. The fourth-order valence-corrected chi connectivity index (χ4v) is 3.19. The summed E-state index contributed by atoms with van der Waals surface area (Å²) in [5, 5.41) is 2.59. The van der Waals surface area contributed by atoms with Gasteiger partial charge in [0, 0.05) is 16.8 Å². The Morgan fingerprint density at radius 1 is 0.800 bits per heavy atom. The highest BCUT2D eigenvalue weighted by atomic mass is 15.5. The van der Waals surface area contributed by atoms with E-state index in [-0.39, 0.29) is 0 Å². The molecular formula is C17H12N3+. The van der Waals surface area contributed by atoms with Crippen LogP contribution in [0.25, 0.3) is 27.6 Å². The van der Waals surface area contributed by atoms with Crippen molar-refractivity contribution in [1.29, 1.82) is 0 Å². The molecule has 0 spiro atoms. The molecule has 2 aromatic heterocycles. The van der Waals surface area contributed by atoms with Crippen molar-refractivity contribution in [3.05, 3.63) is 66.9 Å². The molecule has 1 N–H and O–H groups in total. The lowest BCUT2D eigenvalue weighted by molar-refractivity contribution is -0.637. The van der Waals surface area contributed by atoms with E-state index in [9.17, 15) is 0 Å². The molecule has 1 aliphatic rings. The van der Waals surface area contributed by atoms with E-state index in [0.717, 1.165) is 11.5 Å². The molecule has 3 heterocycles. The van der Waals surface area contributed by atoms with Gasteiger partial charge in [-0.3, -0.25) is 0 Å². The summed E-state index contributed by atoms with van der Waals surface area (Å²) in [7, 11) is 0. The Morgan fingerprint density at radius 2 is 1.65 bits per heavy atom. The van der Waals surface area contributed by atoms with Crippen LogP contribution in [-0.4, -0.2) is 4.57 Å². The van der Waals surface area contributed by atoms with Crippen LogP contribution in [0.4, 0.5) is 5.69 Å². The second-order valence-corrected chi connectivity index (χ2v) is 5.09. The number of hydrogen-bond donors (Lipinski definition) is 1. The highest BCUT2D eigenvalue weighted by Gasteiger charge is 2.27. The zero-order valence-electron chi connectivity index (χ0n) is 10.7. The molecule has 0 radical (unpaired) electrons. The third kappa shape index (κ3) is 1.08. The van der Waals surface area contributed by atoms with Gasteiger partial charge in [0.15, 0.2) is 5.52 Å². The van der Waals surface area contributed by atoms with E-state index < -0.39 is 0 Å². The molecule has 0 unspecified atom stereocenters. The minimum absolute atomic E-state index is 1.14. The van der Waals surface area contributed by atoms with Gasteiger partial charge in [-0.25, -0.2) is 5.43 Å². The van der Waals surface area contributed by atoms with Gasteiger partial charge in [0.05, 0.1) is 0 Å². The van der Waals surface area contributed by atoms with Crippen molar-refractivity contribution < 1.29 is 4.68 Å². The molecule has 0 saturated carbocycles. The third-order valence-corrected chi connectivity index (χ3v) is 4.00. The molecule has 0 bridgehead atoms. The molecule has 2 aromatic carbocycles. The fourth-order valence-electron chi connectivity index (χ4n) is 3.19. The van der Waals surface area contributed by atoms with E-state index in [0.29, 0.717) is 0 Å². The first kappa shape index (κ1) is 10.0. The van der Waals surface area contributed by atoms with Crippen molar-refractivity contribution in [3.8, 4) is 5.82 Å². The van der Waals surface area contributed by atoms with Crippen LogP contribution >= 0.6 is 0 Å². The van der Waals surface area contributed by atoms with Crippen LogP contribution in [0.3, 0.4) is 0 Å². The predicted octanol–water partition coefficient (Wildman–Crippen LogP) is 3.26. The first-order valence-electron chi connectivity index (χ1n) is 6.74. The largest absolute Gasteiger partial charge is 0.310 e. The van der Waals surface area contributed by atoms with E-state index in [2.05, 4.69) is 69.3 Å². The average molecular weight is 258 g/mol. The van der Waals surface area contributed by atoms with Gasteiger partial charge in [-0.05, 0) is 30.3 Å².